The number of likely N-dealkylation sites (tertiary alicyclic amines) is 1. The molecule has 0 N–H and O–H groups in total. The van der Waals surface area contributed by atoms with Crippen molar-refractivity contribution < 1.29 is 14.3 Å². The molecule has 8 heteroatoms. The third-order valence-corrected chi connectivity index (χ3v) is 6.50. The molecule has 1 aliphatic heterocycles. The molecule has 1 saturated heterocycles. The Morgan fingerprint density at radius 3 is 2.31 bits per heavy atom. The number of halogens is 1. The molecule has 36 heavy (non-hydrogen) atoms. The highest BCUT2D eigenvalue weighted by Crippen LogP contribution is 2.38. The van der Waals surface area contributed by atoms with Gasteiger partial charge in [0.15, 0.2) is 0 Å². The number of aromatic nitrogens is 3. The van der Waals surface area contributed by atoms with Crippen molar-refractivity contribution in [2.24, 2.45) is 0 Å². The van der Waals surface area contributed by atoms with Crippen LogP contribution in [0.15, 0.2) is 67.1 Å². The molecule has 0 spiro atoms. The zero-order valence-electron chi connectivity index (χ0n) is 20.6. The van der Waals surface area contributed by atoms with Gasteiger partial charge in [0.05, 0.1) is 5.39 Å². The fraction of sp³-hybridized carbons (Fsp3) is 0.321. The Hall–Kier alpha value is -3.58. The summed E-state index contributed by atoms with van der Waals surface area (Å²) in [5, 5.41) is 1.25. The van der Waals surface area contributed by atoms with Gasteiger partial charge in [0.25, 0.3) is 0 Å². The van der Waals surface area contributed by atoms with E-state index in [1.807, 2.05) is 75.4 Å². The number of fused-ring (bicyclic) bond motifs is 1. The van der Waals surface area contributed by atoms with Crippen molar-refractivity contribution in [2.45, 2.75) is 45.3 Å². The molecule has 1 aliphatic rings. The number of amides is 1. The summed E-state index contributed by atoms with van der Waals surface area (Å²) in [5.74, 6) is 1.54. The van der Waals surface area contributed by atoms with Crippen molar-refractivity contribution in [3.63, 3.8) is 0 Å². The van der Waals surface area contributed by atoms with Crippen LogP contribution in [0.5, 0.6) is 11.5 Å². The SMILES string of the molecule is CC(C)(C)OC(=O)N1CCC(n2cc(-c3ccc(Oc4ccccc4)cc3)c3c(Cl)ncnc32)CC1. The van der Waals surface area contributed by atoms with Crippen molar-refractivity contribution >= 4 is 28.7 Å². The zero-order chi connectivity index (χ0) is 25.3. The molecule has 186 valence electrons. The smallest absolute Gasteiger partial charge is 0.410 e. The second-order valence-electron chi connectivity index (χ2n) is 9.95. The number of ether oxygens (including phenoxy) is 2. The van der Waals surface area contributed by atoms with Gasteiger partial charge in [-0.05, 0) is 63.4 Å². The van der Waals surface area contributed by atoms with Gasteiger partial charge >= 0.3 is 6.09 Å². The number of carbonyl (C=O) groups excluding carboxylic acids is 1. The highest BCUT2D eigenvalue weighted by Gasteiger charge is 2.29. The zero-order valence-corrected chi connectivity index (χ0v) is 21.4. The topological polar surface area (TPSA) is 69.5 Å². The van der Waals surface area contributed by atoms with E-state index in [0.29, 0.717) is 18.2 Å². The third kappa shape index (κ3) is 5.16. The van der Waals surface area contributed by atoms with Crippen LogP contribution in [0.4, 0.5) is 4.79 Å². The maximum Gasteiger partial charge on any atom is 0.410 e. The third-order valence-electron chi connectivity index (χ3n) is 6.22. The van der Waals surface area contributed by atoms with E-state index in [-0.39, 0.29) is 12.1 Å². The summed E-state index contributed by atoms with van der Waals surface area (Å²) < 4.78 is 13.7. The van der Waals surface area contributed by atoms with Crippen LogP contribution in [0, 0.1) is 0 Å². The van der Waals surface area contributed by atoms with Crippen LogP contribution >= 0.6 is 11.6 Å². The molecular formula is C28H29ClN4O3. The van der Waals surface area contributed by atoms with Crippen LogP contribution in [0.25, 0.3) is 22.2 Å². The quantitative estimate of drug-likeness (QED) is 0.277. The van der Waals surface area contributed by atoms with Crippen molar-refractivity contribution in [2.75, 3.05) is 13.1 Å². The van der Waals surface area contributed by atoms with Crippen LogP contribution in [-0.2, 0) is 4.74 Å². The largest absolute Gasteiger partial charge is 0.457 e. The first-order chi connectivity index (χ1) is 17.3. The van der Waals surface area contributed by atoms with Crippen molar-refractivity contribution in [1.29, 1.82) is 0 Å². The molecule has 3 heterocycles. The molecule has 0 saturated carbocycles. The van der Waals surface area contributed by atoms with E-state index in [0.717, 1.165) is 46.5 Å². The predicted molar refractivity (Wildman–Crippen MR) is 141 cm³/mol. The standard InChI is InChI=1S/C28H29ClN4O3/c1-28(2,3)36-27(34)32-15-13-20(14-16-32)33-17-23(24-25(29)30-18-31-26(24)33)19-9-11-22(12-10-19)35-21-7-5-4-6-8-21/h4-12,17-18,20H,13-16H2,1-3H3. The van der Waals surface area contributed by atoms with E-state index in [1.54, 1.807) is 4.90 Å². The first-order valence-electron chi connectivity index (χ1n) is 12.1. The number of benzene rings is 2. The monoisotopic (exact) mass is 504 g/mol. The first-order valence-corrected chi connectivity index (χ1v) is 12.5. The Balaban J connectivity index is 1.39. The van der Waals surface area contributed by atoms with Gasteiger partial charge in [0, 0.05) is 30.9 Å². The van der Waals surface area contributed by atoms with E-state index in [9.17, 15) is 4.79 Å². The molecular weight excluding hydrogens is 476 g/mol. The van der Waals surface area contributed by atoms with Crippen LogP contribution in [0.1, 0.15) is 39.7 Å². The highest BCUT2D eigenvalue weighted by molar-refractivity contribution is 6.35. The maximum absolute atomic E-state index is 12.5. The molecule has 1 fully saturated rings. The number of piperidine rings is 1. The van der Waals surface area contributed by atoms with Gasteiger partial charge in [-0.1, -0.05) is 41.9 Å². The lowest BCUT2D eigenvalue weighted by molar-refractivity contribution is 0.0189. The predicted octanol–water partition coefficient (Wildman–Crippen LogP) is 7.12. The summed E-state index contributed by atoms with van der Waals surface area (Å²) >= 11 is 6.57. The van der Waals surface area contributed by atoms with Gasteiger partial charge < -0.3 is 18.9 Å². The second-order valence-corrected chi connectivity index (χ2v) is 10.3. The minimum absolute atomic E-state index is 0.187. The Morgan fingerprint density at radius 2 is 1.64 bits per heavy atom. The van der Waals surface area contributed by atoms with E-state index >= 15 is 0 Å². The fourth-order valence-electron chi connectivity index (χ4n) is 4.53. The molecule has 0 radical (unpaired) electrons. The Kier molecular flexibility index (Phi) is 6.58. The molecule has 4 aromatic rings. The summed E-state index contributed by atoms with van der Waals surface area (Å²) in [6, 6.07) is 17.8. The minimum Gasteiger partial charge on any atom is -0.457 e. The lowest BCUT2D eigenvalue weighted by atomic mass is 10.1. The van der Waals surface area contributed by atoms with E-state index < -0.39 is 5.60 Å². The Bertz CT molecular complexity index is 1360. The summed E-state index contributed by atoms with van der Waals surface area (Å²) in [5.41, 5.74) is 2.26. The van der Waals surface area contributed by atoms with Gasteiger partial charge in [-0.25, -0.2) is 14.8 Å². The van der Waals surface area contributed by atoms with Crippen molar-refractivity contribution in [1.82, 2.24) is 19.4 Å². The molecule has 0 bridgehead atoms. The number of carbonyl (C=O) groups is 1. The van der Waals surface area contributed by atoms with Crippen molar-refractivity contribution in [3.05, 3.63) is 72.3 Å². The average Bonchev–Trinajstić information content (AvgIpc) is 3.25. The number of para-hydroxylation sites is 1. The Labute approximate surface area is 215 Å². The van der Waals surface area contributed by atoms with Crippen LogP contribution in [-0.4, -0.2) is 44.2 Å². The Morgan fingerprint density at radius 1 is 0.972 bits per heavy atom. The summed E-state index contributed by atoms with van der Waals surface area (Å²) in [6.45, 7) is 6.90. The summed E-state index contributed by atoms with van der Waals surface area (Å²) in [7, 11) is 0. The molecule has 2 aromatic carbocycles. The van der Waals surface area contributed by atoms with Crippen LogP contribution in [0.3, 0.4) is 0 Å². The van der Waals surface area contributed by atoms with Gasteiger partial charge in [-0.15, -0.1) is 0 Å². The molecule has 2 aromatic heterocycles. The van der Waals surface area contributed by atoms with Crippen molar-refractivity contribution in [3.8, 4) is 22.6 Å². The first kappa shape index (κ1) is 24.1. The number of hydrogen-bond donors (Lipinski definition) is 0. The maximum atomic E-state index is 12.5. The average molecular weight is 505 g/mol. The van der Waals surface area contributed by atoms with E-state index in [2.05, 4.69) is 20.7 Å². The van der Waals surface area contributed by atoms with E-state index in [4.69, 9.17) is 21.1 Å². The van der Waals surface area contributed by atoms with Gasteiger partial charge in [0.2, 0.25) is 0 Å². The van der Waals surface area contributed by atoms with Gasteiger partial charge in [-0.2, -0.15) is 0 Å². The van der Waals surface area contributed by atoms with Gasteiger partial charge in [-0.3, -0.25) is 0 Å². The summed E-state index contributed by atoms with van der Waals surface area (Å²) in [4.78, 5) is 23.1. The molecule has 0 unspecified atom stereocenters. The van der Waals surface area contributed by atoms with Crippen LogP contribution in [0.2, 0.25) is 5.15 Å². The normalized spacial score (nSPS) is 14.7. The summed E-state index contributed by atoms with van der Waals surface area (Å²) in [6.07, 6.45) is 4.94. The molecule has 0 atom stereocenters. The number of hydrogen-bond acceptors (Lipinski definition) is 5. The molecule has 1 amide bonds. The van der Waals surface area contributed by atoms with Gasteiger partial charge in [0.1, 0.15) is 34.2 Å². The lowest BCUT2D eigenvalue weighted by Crippen LogP contribution is -2.42. The molecule has 0 aliphatic carbocycles. The number of rotatable bonds is 4. The van der Waals surface area contributed by atoms with Crippen LogP contribution < -0.4 is 4.74 Å². The highest BCUT2D eigenvalue weighted by atomic mass is 35.5. The fourth-order valence-corrected chi connectivity index (χ4v) is 4.76. The number of nitrogens with zero attached hydrogens (tertiary/aromatic N) is 4. The van der Waals surface area contributed by atoms with E-state index in [1.165, 1.54) is 6.33 Å². The minimum atomic E-state index is -0.505. The molecule has 5 rings (SSSR count). The second kappa shape index (κ2) is 9.82. The lowest BCUT2D eigenvalue weighted by Gasteiger charge is -2.34. The molecule has 7 nitrogen and oxygen atoms in total.